The third-order valence-corrected chi connectivity index (χ3v) is 2.93. The van der Waals surface area contributed by atoms with Crippen molar-refractivity contribution in [3.8, 4) is 11.5 Å². The molecule has 0 amide bonds. The van der Waals surface area contributed by atoms with Gasteiger partial charge in [-0.2, -0.15) is 0 Å². The first kappa shape index (κ1) is 11.4. The van der Waals surface area contributed by atoms with E-state index < -0.39 is 5.79 Å². The Hall–Kier alpha value is -1.07. The molecule has 0 aromatic heterocycles. The number of ketones is 1. The van der Waals surface area contributed by atoms with Gasteiger partial charge in [-0.15, -0.1) is 0 Å². The second kappa shape index (κ2) is 4.43. The topological polar surface area (TPSA) is 44.8 Å². The van der Waals surface area contributed by atoms with Crippen molar-refractivity contribution in [2.45, 2.75) is 5.79 Å². The van der Waals surface area contributed by atoms with E-state index in [9.17, 15) is 4.79 Å². The molecule has 4 nitrogen and oxygen atoms in total. The molecule has 16 heavy (non-hydrogen) atoms. The number of hydrogen-bond acceptors (Lipinski definition) is 4. The molecular formula is C11H11BrO4. The summed E-state index contributed by atoms with van der Waals surface area (Å²) in [5.74, 6) is -0.398. The number of Topliss-reactive ketones (excluding diaryl/α,β-unsaturated/α-hetero) is 1. The Balaban J connectivity index is 2.32. The third kappa shape index (κ3) is 1.81. The molecule has 0 fully saturated rings. The molecule has 1 aliphatic heterocycles. The second-order valence-corrected chi connectivity index (χ2v) is 3.91. The highest BCUT2D eigenvalue weighted by atomic mass is 79.9. The van der Waals surface area contributed by atoms with Crippen LogP contribution >= 0.6 is 15.9 Å². The largest absolute Gasteiger partial charge is 0.482 e. The molecule has 1 heterocycles. The molecule has 2 rings (SSSR count). The van der Waals surface area contributed by atoms with Crippen LogP contribution in [0.25, 0.3) is 0 Å². The zero-order valence-electron chi connectivity index (χ0n) is 8.73. The van der Waals surface area contributed by atoms with Crippen molar-refractivity contribution in [2.24, 2.45) is 0 Å². The minimum Gasteiger partial charge on any atom is -0.482 e. The molecule has 0 saturated heterocycles. The van der Waals surface area contributed by atoms with E-state index in [1.165, 1.54) is 7.11 Å². The number of fused-ring (bicyclic) bond motifs is 1. The van der Waals surface area contributed by atoms with Gasteiger partial charge in [0.25, 0.3) is 0 Å². The van der Waals surface area contributed by atoms with Crippen LogP contribution in [0.5, 0.6) is 11.5 Å². The third-order valence-electron chi connectivity index (χ3n) is 2.42. The summed E-state index contributed by atoms with van der Waals surface area (Å²) in [4.78, 5) is 11.8. The fraction of sp³-hybridized carbons (Fsp3) is 0.364. The van der Waals surface area contributed by atoms with Crippen LogP contribution in [0, 0.1) is 0 Å². The smallest absolute Gasteiger partial charge is 0.306 e. The van der Waals surface area contributed by atoms with Gasteiger partial charge in [-0.25, -0.2) is 0 Å². The van der Waals surface area contributed by atoms with E-state index in [1.54, 1.807) is 12.1 Å². The molecule has 0 aliphatic carbocycles. The molecule has 1 aromatic carbocycles. The Morgan fingerprint density at radius 3 is 2.81 bits per heavy atom. The minimum atomic E-state index is -1.34. The highest BCUT2D eigenvalue weighted by Gasteiger charge is 2.44. The quantitative estimate of drug-likeness (QED) is 0.795. The molecule has 86 valence electrons. The maximum Gasteiger partial charge on any atom is 0.306 e. The summed E-state index contributed by atoms with van der Waals surface area (Å²) in [6.07, 6.45) is 0. The Kier molecular flexibility index (Phi) is 3.16. The first-order valence-electron chi connectivity index (χ1n) is 4.77. The number of ether oxygens (including phenoxy) is 3. The van der Waals surface area contributed by atoms with Gasteiger partial charge >= 0.3 is 5.79 Å². The molecule has 5 heteroatoms. The number of carbonyl (C=O) groups is 1. The minimum absolute atomic E-state index is 0.0605. The summed E-state index contributed by atoms with van der Waals surface area (Å²) in [7, 11) is 1.43. The zero-order chi connectivity index (χ0) is 11.6. The standard InChI is InChI=1S/C11H11BrO4/c1-14-11(10(13)6-12)7-15-8-4-2-3-5-9(8)16-11/h2-5H,6-7H2,1H3. The van der Waals surface area contributed by atoms with E-state index in [4.69, 9.17) is 14.2 Å². The van der Waals surface area contributed by atoms with Gasteiger partial charge in [0.05, 0.1) is 5.33 Å². The van der Waals surface area contributed by atoms with Crippen molar-refractivity contribution in [3.05, 3.63) is 24.3 Å². The molecule has 1 aliphatic rings. The normalized spacial score (nSPS) is 22.9. The van der Waals surface area contributed by atoms with E-state index in [1.807, 2.05) is 12.1 Å². The van der Waals surface area contributed by atoms with Gasteiger partial charge in [0.2, 0.25) is 5.78 Å². The van der Waals surface area contributed by atoms with Crippen LogP contribution in [0.15, 0.2) is 24.3 Å². The van der Waals surface area contributed by atoms with Crippen molar-refractivity contribution < 1.29 is 19.0 Å². The van der Waals surface area contributed by atoms with Crippen LogP contribution in [0.3, 0.4) is 0 Å². The van der Waals surface area contributed by atoms with E-state index >= 15 is 0 Å². The first-order chi connectivity index (χ1) is 7.72. The highest BCUT2D eigenvalue weighted by molar-refractivity contribution is 9.09. The molecular weight excluding hydrogens is 276 g/mol. The van der Waals surface area contributed by atoms with Gasteiger partial charge in [0.1, 0.15) is 0 Å². The molecule has 0 radical (unpaired) electrons. The summed E-state index contributed by atoms with van der Waals surface area (Å²) in [5.41, 5.74) is 0. The molecule has 1 unspecified atom stereocenters. The lowest BCUT2D eigenvalue weighted by Gasteiger charge is -2.35. The van der Waals surface area contributed by atoms with Crippen molar-refractivity contribution >= 4 is 21.7 Å². The summed E-state index contributed by atoms with van der Waals surface area (Å²) in [5, 5.41) is 0.159. The van der Waals surface area contributed by atoms with Crippen LogP contribution in [0.1, 0.15) is 0 Å². The summed E-state index contributed by atoms with van der Waals surface area (Å²) >= 11 is 3.10. The van der Waals surface area contributed by atoms with Gasteiger partial charge in [-0.3, -0.25) is 4.79 Å². The van der Waals surface area contributed by atoms with Gasteiger partial charge in [-0.1, -0.05) is 28.1 Å². The van der Waals surface area contributed by atoms with E-state index in [0.717, 1.165) is 0 Å². The number of halogens is 1. The SMILES string of the molecule is COC1(C(=O)CBr)COc2ccccc2O1. The predicted molar refractivity (Wildman–Crippen MR) is 61.1 cm³/mol. The fourth-order valence-corrected chi connectivity index (χ4v) is 1.91. The number of para-hydroxylation sites is 2. The Morgan fingerprint density at radius 1 is 1.50 bits per heavy atom. The van der Waals surface area contributed by atoms with Crippen LogP contribution in [0.2, 0.25) is 0 Å². The molecule has 1 aromatic rings. The summed E-state index contributed by atoms with van der Waals surface area (Å²) in [6, 6.07) is 7.18. The van der Waals surface area contributed by atoms with Crippen LogP contribution in [0.4, 0.5) is 0 Å². The monoisotopic (exact) mass is 286 g/mol. The van der Waals surface area contributed by atoms with E-state index in [0.29, 0.717) is 11.5 Å². The Bertz CT molecular complexity index is 407. The van der Waals surface area contributed by atoms with Gasteiger partial charge in [0, 0.05) is 7.11 Å². The van der Waals surface area contributed by atoms with Crippen molar-refractivity contribution in [2.75, 3.05) is 19.0 Å². The maximum atomic E-state index is 11.8. The number of rotatable bonds is 3. The van der Waals surface area contributed by atoms with Crippen molar-refractivity contribution in [3.63, 3.8) is 0 Å². The fourth-order valence-electron chi connectivity index (χ4n) is 1.49. The number of methoxy groups -OCH3 is 1. The average molecular weight is 287 g/mol. The molecule has 0 bridgehead atoms. The maximum absolute atomic E-state index is 11.8. The van der Waals surface area contributed by atoms with Crippen LogP contribution in [-0.2, 0) is 9.53 Å². The molecule has 0 N–H and O–H groups in total. The summed E-state index contributed by atoms with van der Waals surface area (Å²) in [6.45, 7) is 0.0605. The van der Waals surface area contributed by atoms with Gasteiger partial charge < -0.3 is 14.2 Å². The van der Waals surface area contributed by atoms with Gasteiger partial charge in [0.15, 0.2) is 18.1 Å². The lowest BCUT2D eigenvalue weighted by Crippen LogP contribution is -2.53. The van der Waals surface area contributed by atoms with Gasteiger partial charge in [-0.05, 0) is 12.1 Å². The van der Waals surface area contributed by atoms with Crippen LogP contribution < -0.4 is 9.47 Å². The molecule has 0 saturated carbocycles. The average Bonchev–Trinajstić information content (AvgIpc) is 2.37. The number of hydrogen-bond donors (Lipinski definition) is 0. The molecule has 0 spiro atoms. The summed E-state index contributed by atoms with van der Waals surface area (Å²) < 4.78 is 16.2. The number of carbonyl (C=O) groups excluding carboxylic acids is 1. The lowest BCUT2D eigenvalue weighted by molar-refractivity contribution is -0.198. The Morgan fingerprint density at radius 2 is 2.19 bits per heavy atom. The first-order valence-corrected chi connectivity index (χ1v) is 5.89. The van der Waals surface area contributed by atoms with Crippen molar-refractivity contribution in [1.29, 1.82) is 0 Å². The van der Waals surface area contributed by atoms with Crippen LogP contribution in [-0.4, -0.2) is 30.6 Å². The second-order valence-electron chi connectivity index (χ2n) is 3.35. The zero-order valence-corrected chi connectivity index (χ0v) is 10.3. The van der Waals surface area contributed by atoms with E-state index in [2.05, 4.69) is 15.9 Å². The number of benzene rings is 1. The molecule has 1 atom stereocenters. The highest BCUT2D eigenvalue weighted by Crippen LogP contribution is 2.35. The lowest BCUT2D eigenvalue weighted by atomic mass is 10.1. The Labute approximate surface area is 102 Å². The predicted octanol–water partition coefficient (Wildman–Crippen LogP) is 1.76. The van der Waals surface area contributed by atoms with Crippen molar-refractivity contribution in [1.82, 2.24) is 0 Å². The number of alkyl halides is 1. The van der Waals surface area contributed by atoms with E-state index in [-0.39, 0.29) is 17.7 Å².